The zero-order valence-corrected chi connectivity index (χ0v) is 11.4. The van der Waals surface area contributed by atoms with Crippen LogP contribution in [0, 0.1) is 5.82 Å². The second-order valence-electron chi connectivity index (χ2n) is 4.77. The maximum Gasteiger partial charge on any atom is 0.290 e. The van der Waals surface area contributed by atoms with E-state index in [1.807, 2.05) is 6.92 Å². The molecular weight excluding hydrogens is 261 g/mol. The average molecular weight is 277 g/mol. The summed E-state index contributed by atoms with van der Waals surface area (Å²) in [5.41, 5.74) is 0.523. The number of aliphatic hydroxyl groups excluding tert-OH is 1. The van der Waals surface area contributed by atoms with Crippen LogP contribution in [0.5, 0.6) is 0 Å². The first-order chi connectivity index (χ1) is 9.47. The minimum atomic E-state index is -0.712. The number of ketones is 1. The third kappa shape index (κ3) is 2.31. The molecule has 0 aromatic heterocycles. The highest BCUT2D eigenvalue weighted by Gasteiger charge is 2.41. The number of nitrogens with zero attached hydrogens (tertiary/aromatic N) is 1. The van der Waals surface area contributed by atoms with Gasteiger partial charge in [0.05, 0.1) is 11.6 Å². The SMILES string of the molecule is CCCN1C(=O)C(O)=C(C(C)=O)[C@H]1c1cccc(F)c1. The Hall–Kier alpha value is -2.17. The third-order valence-electron chi connectivity index (χ3n) is 3.31. The molecule has 0 unspecified atom stereocenters. The topological polar surface area (TPSA) is 57.6 Å². The van der Waals surface area contributed by atoms with Crippen molar-refractivity contribution >= 4 is 11.7 Å². The number of carbonyl (C=O) groups is 2. The first-order valence-electron chi connectivity index (χ1n) is 6.47. The maximum atomic E-state index is 13.4. The van der Waals surface area contributed by atoms with Crippen molar-refractivity contribution < 1.29 is 19.1 Å². The van der Waals surface area contributed by atoms with Crippen molar-refractivity contribution in [1.29, 1.82) is 0 Å². The molecule has 1 aromatic carbocycles. The van der Waals surface area contributed by atoms with Crippen LogP contribution in [0.2, 0.25) is 0 Å². The van der Waals surface area contributed by atoms with Gasteiger partial charge in [-0.05, 0) is 31.0 Å². The van der Waals surface area contributed by atoms with Gasteiger partial charge in [-0.2, -0.15) is 0 Å². The fraction of sp³-hybridized carbons (Fsp3) is 0.333. The summed E-state index contributed by atoms with van der Waals surface area (Å²) in [6, 6.07) is 5.02. The first kappa shape index (κ1) is 14.2. The van der Waals surface area contributed by atoms with Gasteiger partial charge in [-0.15, -0.1) is 0 Å². The van der Waals surface area contributed by atoms with E-state index in [2.05, 4.69) is 0 Å². The Kier molecular flexibility index (Phi) is 3.88. The fourth-order valence-electron chi connectivity index (χ4n) is 2.51. The van der Waals surface area contributed by atoms with Crippen molar-refractivity contribution in [1.82, 2.24) is 4.90 Å². The second kappa shape index (κ2) is 5.45. The number of halogens is 1. The summed E-state index contributed by atoms with van der Waals surface area (Å²) in [5, 5.41) is 9.90. The predicted molar refractivity (Wildman–Crippen MR) is 71.5 cm³/mol. The lowest BCUT2D eigenvalue weighted by atomic mass is 9.96. The van der Waals surface area contributed by atoms with Crippen LogP contribution in [0.1, 0.15) is 31.9 Å². The van der Waals surface area contributed by atoms with E-state index < -0.39 is 23.5 Å². The molecule has 0 aliphatic carbocycles. The van der Waals surface area contributed by atoms with Crippen molar-refractivity contribution in [3.8, 4) is 0 Å². The van der Waals surface area contributed by atoms with Crippen LogP contribution in [0.25, 0.3) is 0 Å². The summed E-state index contributed by atoms with van der Waals surface area (Å²) in [6.45, 7) is 3.57. The van der Waals surface area contributed by atoms with Gasteiger partial charge in [-0.25, -0.2) is 4.39 Å². The molecule has 0 fully saturated rings. The summed E-state index contributed by atoms with van der Waals surface area (Å²) < 4.78 is 13.4. The van der Waals surface area contributed by atoms with Crippen LogP contribution >= 0.6 is 0 Å². The van der Waals surface area contributed by atoms with E-state index >= 15 is 0 Å². The maximum absolute atomic E-state index is 13.4. The van der Waals surface area contributed by atoms with Gasteiger partial charge in [0.25, 0.3) is 5.91 Å². The highest BCUT2D eigenvalue weighted by Crippen LogP contribution is 2.37. The molecule has 1 aliphatic rings. The molecule has 1 amide bonds. The van der Waals surface area contributed by atoms with Crippen molar-refractivity contribution in [2.24, 2.45) is 0 Å². The van der Waals surface area contributed by atoms with E-state index in [4.69, 9.17) is 0 Å². The molecule has 0 bridgehead atoms. The molecule has 0 saturated heterocycles. The monoisotopic (exact) mass is 277 g/mol. The van der Waals surface area contributed by atoms with E-state index in [0.717, 1.165) is 0 Å². The summed E-state index contributed by atoms with van der Waals surface area (Å²) >= 11 is 0. The quantitative estimate of drug-likeness (QED) is 0.920. The molecule has 2 rings (SSSR count). The molecule has 1 atom stereocenters. The number of amides is 1. The van der Waals surface area contributed by atoms with Gasteiger partial charge in [0.2, 0.25) is 0 Å². The van der Waals surface area contributed by atoms with E-state index in [1.54, 1.807) is 6.07 Å². The van der Waals surface area contributed by atoms with Crippen molar-refractivity contribution in [3.63, 3.8) is 0 Å². The van der Waals surface area contributed by atoms with Gasteiger partial charge < -0.3 is 10.0 Å². The molecule has 106 valence electrons. The molecular formula is C15H16FNO3. The van der Waals surface area contributed by atoms with E-state index in [0.29, 0.717) is 18.5 Å². The van der Waals surface area contributed by atoms with Crippen LogP contribution in [0.15, 0.2) is 35.6 Å². The van der Waals surface area contributed by atoms with Crippen molar-refractivity contribution in [2.75, 3.05) is 6.54 Å². The average Bonchev–Trinajstić information content (AvgIpc) is 2.64. The third-order valence-corrected chi connectivity index (χ3v) is 3.31. The Balaban J connectivity index is 2.54. The molecule has 0 saturated carbocycles. The Labute approximate surface area is 116 Å². The van der Waals surface area contributed by atoms with E-state index in [1.165, 1.54) is 30.0 Å². The summed E-state index contributed by atoms with van der Waals surface area (Å²) in [4.78, 5) is 25.2. The Bertz CT molecular complexity index is 595. The molecule has 5 heteroatoms. The Morgan fingerprint density at radius 1 is 1.45 bits per heavy atom. The van der Waals surface area contributed by atoms with Gasteiger partial charge in [-0.3, -0.25) is 9.59 Å². The summed E-state index contributed by atoms with van der Waals surface area (Å²) in [5.74, 6) is -1.93. The number of aliphatic hydroxyl groups is 1. The molecule has 1 N–H and O–H groups in total. The minimum absolute atomic E-state index is 0.0362. The summed E-state index contributed by atoms with van der Waals surface area (Å²) in [6.07, 6.45) is 0.677. The zero-order chi connectivity index (χ0) is 14.9. The number of hydrogen-bond acceptors (Lipinski definition) is 3. The van der Waals surface area contributed by atoms with Gasteiger partial charge in [-0.1, -0.05) is 19.1 Å². The standard InChI is InChI=1S/C15H16FNO3/c1-3-7-17-13(10-5-4-6-11(16)8-10)12(9(2)18)14(19)15(17)20/h4-6,8,13,19H,3,7H2,1-2H3/t13-/m1/s1. The molecule has 0 spiro atoms. The smallest absolute Gasteiger partial charge is 0.290 e. The van der Waals surface area contributed by atoms with Crippen molar-refractivity contribution in [3.05, 3.63) is 47.0 Å². The lowest BCUT2D eigenvalue weighted by molar-refractivity contribution is -0.129. The first-order valence-corrected chi connectivity index (χ1v) is 6.47. The van der Waals surface area contributed by atoms with E-state index in [-0.39, 0.29) is 11.4 Å². The van der Waals surface area contributed by atoms with Gasteiger partial charge >= 0.3 is 0 Å². The van der Waals surface area contributed by atoms with Crippen LogP contribution in [-0.4, -0.2) is 28.2 Å². The number of rotatable bonds is 4. The highest BCUT2D eigenvalue weighted by atomic mass is 19.1. The zero-order valence-electron chi connectivity index (χ0n) is 11.4. The fourth-order valence-corrected chi connectivity index (χ4v) is 2.51. The van der Waals surface area contributed by atoms with E-state index in [9.17, 15) is 19.1 Å². The van der Waals surface area contributed by atoms with Crippen LogP contribution in [-0.2, 0) is 9.59 Å². The molecule has 4 nitrogen and oxygen atoms in total. The Morgan fingerprint density at radius 2 is 2.15 bits per heavy atom. The molecule has 0 radical (unpaired) electrons. The van der Waals surface area contributed by atoms with Crippen LogP contribution in [0.4, 0.5) is 4.39 Å². The molecule has 1 heterocycles. The largest absolute Gasteiger partial charge is 0.503 e. The van der Waals surface area contributed by atoms with Crippen LogP contribution in [0.3, 0.4) is 0 Å². The number of hydrogen-bond donors (Lipinski definition) is 1. The normalized spacial score (nSPS) is 18.9. The van der Waals surface area contributed by atoms with Gasteiger partial charge in [0.15, 0.2) is 11.5 Å². The lowest BCUT2D eigenvalue weighted by Gasteiger charge is -2.26. The summed E-state index contributed by atoms with van der Waals surface area (Å²) in [7, 11) is 0. The predicted octanol–water partition coefficient (Wildman–Crippen LogP) is 2.52. The van der Waals surface area contributed by atoms with Crippen molar-refractivity contribution in [2.45, 2.75) is 26.3 Å². The molecule has 1 aromatic rings. The Morgan fingerprint density at radius 3 is 2.70 bits per heavy atom. The molecule has 1 aliphatic heterocycles. The lowest BCUT2D eigenvalue weighted by Crippen LogP contribution is -2.31. The minimum Gasteiger partial charge on any atom is -0.503 e. The second-order valence-corrected chi connectivity index (χ2v) is 4.77. The number of benzene rings is 1. The van der Waals surface area contributed by atoms with Crippen LogP contribution < -0.4 is 0 Å². The highest BCUT2D eigenvalue weighted by molar-refractivity contribution is 6.08. The van der Waals surface area contributed by atoms with Gasteiger partial charge in [0.1, 0.15) is 5.82 Å². The molecule has 20 heavy (non-hydrogen) atoms. The number of carbonyl (C=O) groups excluding carboxylic acids is 2. The number of Topliss-reactive ketones (excluding diaryl/α,β-unsaturated/α-hetero) is 1. The van der Waals surface area contributed by atoms with Gasteiger partial charge in [0, 0.05) is 6.54 Å².